The number of anilines is 1. The van der Waals surface area contributed by atoms with Crippen LogP contribution in [0.5, 0.6) is 0 Å². The van der Waals surface area contributed by atoms with Gasteiger partial charge in [0.15, 0.2) is 5.13 Å². The topological polar surface area (TPSA) is 80.9 Å². The maximum absolute atomic E-state index is 12.2. The van der Waals surface area contributed by atoms with E-state index in [2.05, 4.69) is 20.5 Å². The van der Waals surface area contributed by atoms with Crippen LogP contribution in [0, 0.1) is 13.8 Å². The van der Waals surface area contributed by atoms with Crippen molar-refractivity contribution in [1.29, 1.82) is 0 Å². The molecule has 4 rings (SSSR count). The molecule has 27 heavy (non-hydrogen) atoms. The lowest BCUT2D eigenvalue weighted by molar-refractivity contribution is -0.116. The summed E-state index contributed by atoms with van der Waals surface area (Å²) < 4.78 is 6.72. The Morgan fingerprint density at radius 1 is 1.11 bits per heavy atom. The number of hydrogen-bond donors (Lipinski definition) is 1. The quantitative estimate of drug-likeness (QED) is 0.552. The van der Waals surface area contributed by atoms with E-state index in [1.165, 1.54) is 16.9 Å². The first-order chi connectivity index (χ1) is 13.1. The number of carbonyl (C=O) groups is 1. The molecule has 0 aliphatic heterocycles. The molecular weight excluding hydrogens is 360 g/mol. The van der Waals surface area contributed by atoms with Crippen molar-refractivity contribution in [3.8, 4) is 11.5 Å². The van der Waals surface area contributed by atoms with E-state index in [1.54, 1.807) is 0 Å². The molecule has 1 N–H and O–H groups in total. The third-order valence-electron chi connectivity index (χ3n) is 4.20. The van der Waals surface area contributed by atoms with Gasteiger partial charge in [-0.2, -0.15) is 0 Å². The highest BCUT2D eigenvalue weighted by Gasteiger charge is 2.12. The van der Waals surface area contributed by atoms with E-state index in [9.17, 15) is 4.79 Å². The smallest absolute Gasteiger partial charge is 0.247 e. The van der Waals surface area contributed by atoms with Gasteiger partial charge in [-0.25, -0.2) is 4.98 Å². The predicted molar refractivity (Wildman–Crippen MR) is 106 cm³/mol. The fourth-order valence-corrected chi connectivity index (χ4v) is 3.67. The molecule has 7 heteroatoms. The van der Waals surface area contributed by atoms with Crippen LogP contribution in [0.2, 0.25) is 0 Å². The Balaban J connectivity index is 1.37. The second-order valence-corrected chi connectivity index (χ2v) is 7.39. The summed E-state index contributed by atoms with van der Waals surface area (Å²) in [6.45, 7) is 4.03. The number of carbonyl (C=O) groups excluding carboxylic acids is 1. The molecule has 2 aromatic heterocycles. The zero-order valence-electron chi connectivity index (χ0n) is 15.0. The fraction of sp³-hybridized carbons (Fsp3) is 0.200. The number of amides is 1. The van der Waals surface area contributed by atoms with Crippen LogP contribution in [0.3, 0.4) is 0 Å². The van der Waals surface area contributed by atoms with Gasteiger partial charge in [-0.3, -0.25) is 4.79 Å². The number of benzene rings is 2. The van der Waals surface area contributed by atoms with Crippen molar-refractivity contribution in [3.05, 3.63) is 59.5 Å². The van der Waals surface area contributed by atoms with Crippen LogP contribution in [0.4, 0.5) is 5.13 Å². The molecule has 2 heterocycles. The molecule has 0 aliphatic rings. The molecule has 0 atom stereocenters. The van der Waals surface area contributed by atoms with Gasteiger partial charge in [0.1, 0.15) is 0 Å². The van der Waals surface area contributed by atoms with Gasteiger partial charge < -0.3 is 9.73 Å². The Morgan fingerprint density at radius 2 is 1.93 bits per heavy atom. The number of nitrogens with one attached hydrogen (secondary N) is 1. The zero-order valence-corrected chi connectivity index (χ0v) is 15.8. The Hall–Kier alpha value is -3.06. The minimum atomic E-state index is -0.123. The van der Waals surface area contributed by atoms with Gasteiger partial charge in [0.2, 0.25) is 17.7 Å². The van der Waals surface area contributed by atoms with Crippen LogP contribution < -0.4 is 5.32 Å². The van der Waals surface area contributed by atoms with Crippen molar-refractivity contribution in [2.45, 2.75) is 26.7 Å². The van der Waals surface area contributed by atoms with E-state index in [0.717, 1.165) is 21.3 Å². The Bertz CT molecular complexity index is 1100. The summed E-state index contributed by atoms with van der Waals surface area (Å²) >= 11 is 1.47. The minimum absolute atomic E-state index is 0.123. The summed E-state index contributed by atoms with van der Waals surface area (Å²) in [7, 11) is 0. The average Bonchev–Trinajstić information content (AvgIpc) is 3.28. The molecule has 136 valence electrons. The van der Waals surface area contributed by atoms with Crippen LogP contribution in [0.15, 0.2) is 46.9 Å². The molecule has 0 unspecified atom stereocenters. The molecule has 2 aromatic carbocycles. The maximum Gasteiger partial charge on any atom is 0.247 e. The van der Waals surface area contributed by atoms with Crippen LogP contribution >= 0.6 is 11.3 Å². The van der Waals surface area contributed by atoms with Crippen molar-refractivity contribution in [2.24, 2.45) is 0 Å². The van der Waals surface area contributed by atoms with Gasteiger partial charge in [0.25, 0.3) is 0 Å². The van der Waals surface area contributed by atoms with Crippen molar-refractivity contribution < 1.29 is 9.21 Å². The maximum atomic E-state index is 12.2. The first-order valence-corrected chi connectivity index (χ1v) is 9.45. The van der Waals surface area contributed by atoms with Gasteiger partial charge in [-0.1, -0.05) is 41.2 Å². The SMILES string of the molecule is Cc1ccc(-c2nnc(CCC(=O)Nc3nc4c(C)cccc4s3)o2)cc1. The third-order valence-corrected chi connectivity index (χ3v) is 5.13. The monoisotopic (exact) mass is 378 g/mol. The highest BCUT2D eigenvalue weighted by molar-refractivity contribution is 7.22. The predicted octanol–water partition coefficient (Wildman–Crippen LogP) is 4.53. The Kier molecular flexibility index (Phi) is 4.68. The van der Waals surface area contributed by atoms with E-state index in [0.29, 0.717) is 23.3 Å². The van der Waals surface area contributed by atoms with Crippen molar-refractivity contribution in [2.75, 3.05) is 5.32 Å². The minimum Gasteiger partial charge on any atom is -0.421 e. The molecule has 4 aromatic rings. The van der Waals surface area contributed by atoms with Crippen molar-refractivity contribution >= 4 is 32.6 Å². The van der Waals surface area contributed by atoms with Gasteiger partial charge in [0, 0.05) is 18.4 Å². The van der Waals surface area contributed by atoms with Gasteiger partial charge in [-0.15, -0.1) is 10.2 Å². The molecule has 0 fully saturated rings. The van der Waals surface area contributed by atoms with E-state index >= 15 is 0 Å². The summed E-state index contributed by atoms with van der Waals surface area (Å²) in [4.78, 5) is 16.7. The lowest BCUT2D eigenvalue weighted by Crippen LogP contribution is -2.12. The van der Waals surface area contributed by atoms with Gasteiger partial charge in [-0.05, 0) is 37.6 Å². The normalized spacial score (nSPS) is 11.0. The van der Waals surface area contributed by atoms with Crippen LogP contribution in [0.25, 0.3) is 21.7 Å². The number of rotatable bonds is 5. The number of thiazole rings is 1. The van der Waals surface area contributed by atoms with E-state index in [1.807, 2.05) is 56.3 Å². The average molecular weight is 378 g/mol. The molecule has 0 spiro atoms. The molecule has 0 saturated heterocycles. The largest absolute Gasteiger partial charge is 0.421 e. The number of hydrogen-bond acceptors (Lipinski definition) is 6. The first-order valence-electron chi connectivity index (χ1n) is 8.64. The second kappa shape index (κ2) is 7.28. The molecule has 6 nitrogen and oxygen atoms in total. The molecule has 0 radical (unpaired) electrons. The van der Waals surface area contributed by atoms with Gasteiger partial charge >= 0.3 is 0 Å². The van der Waals surface area contributed by atoms with E-state index in [4.69, 9.17) is 4.42 Å². The number of aryl methyl sites for hydroxylation is 3. The standard InChI is InChI=1S/C20H18N4O2S/c1-12-6-8-14(9-7-12)19-24-23-17(26-19)11-10-16(25)21-20-22-18-13(2)4-3-5-15(18)27-20/h3-9H,10-11H2,1-2H3,(H,21,22,25). The van der Waals surface area contributed by atoms with E-state index in [-0.39, 0.29) is 12.3 Å². The Morgan fingerprint density at radius 3 is 2.70 bits per heavy atom. The molecule has 0 aliphatic carbocycles. The Labute approximate surface area is 160 Å². The molecule has 0 saturated carbocycles. The molecule has 0 bridgehead atoms. The summed E-state index contributed by atoms with van der Waals surface area (Å²) in [5, 5.41) is 11.5. The summed E-state index contributed by atoms with van der Waals surface area (Å²) in [5.41, 5.74) is 4.06. The summed E-state index contributed by atoms with van der Waals surface area (Å²) in [6.07, 6.45) is 0.638. The fourth-order valence-electron chi connectivity index (χ4n) is 2.71. The number of nitrogens with zero attached hydrogens (tertiary/aromatic N) is 3. The second-order valence-electron chi connectivity index (χ2n) is 6.36. The van der Waals surface area contributed by atoms with Crippen LogP contribution in [-0.4, -0.2) is 21.1 Å². The molecule has 1 amide bonds. The highest BCUT2D eigenvalue weighted by atomic mass is 32.1. The van der Waals surface area contributed by atoms with Gasteiger partial charge in [0.05, 0.1) is 10.2 Å². The highest BCUT2D eigenvalue weighted by Crippen LogP contribution is 2.28. The third kappa shape index (κ3) is 3.88. The van der Waals surface area contributed by atoms with E-state index < -0.39 is 0 Å². The van der Waals surface area contributed by atoms with Crippen molar-refractivity contribution in [3.63, 3.8) is 0 Å². The first kappa shape index (κ1) is 17.4. The summed E-state index contributed by atoms with van der Waals surface area (Å²) in [5.74, 6) is 0.787. The number of fused-ring (bicyclic) bond motifs is 1. The number of aromatic nitrogens is 3. The zero-order chi connectivity index (χ0) is 18.8. The van der Waals surface area contributed by atoms with Crippen LogP contribution in [0.1, 0.15) is 23.4 Å². The molecular formula is C20H18N4O2S. The van der Waals surface area contributed by atoms with Crippen molar-refractivity contribution in [1.82, 2.24) is 15.2 Å². The lowest BCUT2D eigenvalue weighted by atomic mass is 10.1. The lowest BCUT2D eigenvalue weighted by Gasteiger charge is -1.99. The summed E-state index contributed by atoms with van der Waals surface area (Å²) in [6, 6.07) is 13.9. The number of para-hydroxylation sites is 1. The van der Waals surface area contributed by atoms with Crippen LogP contribution in [-0.2, 0) is 11.2 Å².